The number of hydrogen-bond acceptors (Lipinski definition) is 9. The van der Waals surface area contributed by atoms with Crippen molar-refractivity contribution in [2.45, 2.75) is 44.6 Å². The molecule has 0 saturated heterocycles. The van der Waals surface area contributed by atoms with Gasteiger partial charge in [-0.1, -0.05) is 41.2 Å². The molecule has 1 atom stereocenters. The van der Waals surface area contributed by atoms with Crippen molar-refractivity contribution in [2.75, 3.05) is 37.7 Å². The maximum absolute atomic E-state index is 14.5. The third-order valence-electron chi connectivity index (χ3n) is 7.30. The average Bonchev–Trinajstić information content (AvgIpc) is 3.98. The van der Waals surface area contributed by atoms with Gasteiger partial charge in [0.25, 0.3) is 0 Å². The minimum absolute atomic E-state index is 0.0854. The number of esters is 2. The molecule has 1 heterocycles. The van der Waals surface area contributed by atoms with Gasteiger partial charge in [-0.15, -0.1) is 0 Å². The van der Waals surface area contributed by atoms with E-state index in [-0.39, 0.29) is 25.2 Å². The first kappa shape index (κ1) is 36.5. The summed E-state index contributed by atoms with van der Waals surface area (Å²) in [7, 11) is 0. The minimum atomic E-state index is -1.25. The van der Waals surface area contributed by atoms with Crippen molar-refractivity contribution in [1.29, 1.82) is 0 Å². The first-order chi connectivity index (χ1) is 22.7. The highest BCUT2D eigenvalue weighted by Gasteiger charge is 2.26. The van der Waals surface area contributed by atoms with Gasteiger partial charge in [-0.3, -0.25) is 4.79 Å². The fourth-order valence-corrected chi connectivity index (χ4v) is 5.31. The fraction of sp³-hybridized carbons (Fsp3) is 0.424. The van der Waals surface area contributed by atoms with Crippen LogP contribution in [0.15, 0.2) is 48.8 Å². The number of hydrogen-bond donors (Lipinski definition) is 2. The Hall–Kier alpha value is -3.32. The van der Waals surface area contributed by atoms with Crippen LogP contribution in [0.5, 0.6) is 11.5 Å². The van der Waals surface area contributed by atoms with Crippen LogP contribution in [0, 0.1) is 17.7 Å². The van der Waals surface area contributed by atoms with Crippen LogP contribution in [0.1, 0.15) is 59.7 Å². The number of rotatable bonds is 16. The quantitative estimate of drug-likeness (QED) is 0.117. The highest BCUT2D eigenvalue weighted by Crippen LogP contribution is 2.35. The van der Waals surface area contributed by atoms with E-state index in [2.05, 4.69) is 9.71 Å². The molecule has 5 rings (SSSR count). The summed E-state index contributed by atoms with van der Waals surface area (Å²) >= 11 is 14.2. The zero-order valence-corrected chi connectivity index (χ0v) is 28.1. The van der Waals surface area contributed by atoms with Gasteiger partial charge < -0.3 is 28.8 Å². The number of anilines is 1. The van der Waals surface area contributed by atoms with Crippen LogP contribution in [0.25, 0.3) is 0 Å². The van der Waals surface area contributed by atoms with E-state index in [4.69, 9.17) is 47.3 Å². The molecular weight excluding hydrogens is 677 g/mol. The molecule has 0 radical (unpaired) electrons. The van der Waals surface area contributed by atoms with Gasteiger partial charge in [-0.25, -0.2) is 18.6 Å². The van der Waals surface area contributed by atoms with E-state index in [0.29, 0.717) is 57.5 Å². The summed E-state index contributed by atoms with van der Waals surface area (Å²) < 4.78 is 50.4. The first-order valence-electron chi connectivity index (χ1n) is 15.1. The van der Waals surface area contributed by atoms with Gasteiger partial charge in [0.15, 0.2) is 30.8 Å². The Morgan fingerprint density at radius 2 is 1.66 bits per heavy atom. The summed E-state index contributed by atoms with van der Waals surface area (Å²) in [5.74, 6) is -0.0754. The molecule has 0 spiro atoms. The Labute approximate surface area is 286 Å². The number of carbonyl (C=O) groups is 2. The van der Waals surface area contributed by atoms with Crippen molar-refractivity contribution < 1.29 is 47.4 Å². The van der Waals surface area contributed by atoms with Crippen LogP contribution in [0.2, 0.25) is 10.0 Å². The highest BCUT2D eigenvalue weighted by atomic mass is 35.5. The van der Waals surface area contributed by atoms with Gasteiger partial charge in [-0.05, 0) is 73.4 Å². The molecule has 2 aromatic carbocycles. The summed E-state index contributed by atoms with van der Waals surface area (Å²) in [4.78, 5) is 28.6. The van der Waals surface area contributed by atoms with E-state index in [9.17, 15) is 18.4 Å². The Bertz CT molecular complexity index is 1490. The first-order valence-corrected chi connectivity index (χ1v) is 17.1. The number of H-pyrrole nitrogens is 1. The van der Waals surface area contributed by atoms with Gasteiger partial charge >= 0.3 is 11.9 Å². The van der Waals surface area contributed by atoms with Crippen molar-refractivity contribution in [3.05, 3.63) is 81.3 Å². The second-order valence-electron chi connectivity index (χ2n) is 11.0. The number of halogens is 4. The number of carbonyl (C=O) groups excluding carboxylic acids is 2. The maximum Gasteiger partial charge on any atom is 0.338 e. The molecule has 2 saturated carbocycles. The molecule has 14 heteroatoms. The lowest BCUT2D eigenvalue weighted by Crippen LogP contribution is -2.18. The van der Waals surface area contributed by atoms with Crippen molar-refractivity contribution in [1.82, 2.24) is 0 Å². The van der Waals surface area contributed by atoms with Gasteiger partial charge in [0.2, 0.25) is 0 Å². The molecule has 9 nitrogen and oxygen atoms in total. The summed E-state index contributed by atoms with van der Waals surface area (Å²) in [5.41, 5.74) is 2.15. The predicted octanol–water partition coefficient (Wildman–Crippen LogP) is 7.19. The van der Waals surface area contributed by atoms with Gasteiger partial charge in [0.05, 0.1) is 30.9 Å². The van der Waals surface area contributed by atoms with E-state index >= 15 is 0 Å². The second-order valence-corrected chi connectivity index (χ2v) is 12.5. The maximum atomic E-state index is 14.5. The molecular formula is C33H37Cl2F2N2O7S+. The third kappa shape index (κ3) is 11.7. The molecule has 1 unspecified atom stereocenters. The summed E-state index contributed by atoms with van der Waals surface area (Å²) in [6.45, 7) is -0.434. The molecule has 3 N–H and O–H groups in total. The number of nitrogens with one attached hydrogen (secondary N) is 2. The third-order valence-corrected chi connectivity index (χ3v) is 8.40. The SMILES string of the molecule is CSNc1ccc(C(=O)OCCC(=O)OC(Cc2c(Cl)c[nH+]cc2Cl)c2ccc(F)c(OCC3CC3)c2)cc1OCC1CC1.OCF. The van der Waals surface area contributed by atoms with Gasteiger partial charge in [0.1, 0.15) is 28.5 Å². The number of aliphatic hydroxyl groups excluding tert-OH is 1. The predicted molar refractivity (Wildman–Crippen MR) is 175 cm³/mol. The smallest absolute Gasteiger partial charge is 0.338 e. The van der Waals surface area contributed by atoms with E-state index in [1.165, 1.54) is 30.1 Å². The summed E-state index contributed by atoms with van der Waals surface area (Å²) in [6, 6.07) is 9.39. The number of aliphatic hydroxyl groups is 1. The van der Waals surface area contributed by atoms with Crippen LogP contribution >= 0.6 is 35.1 Å². The number of alkyl halides is 1. The molecule has 0 aliphatic heterocycles. The van der Waals surface area contributed by atoms with Crippen molar-refractivity contribution in [2.24, 2.45) is 11.8 Å². The van der Waals surface area contributed by atoms with Crippen molar-refractivity contribution >= 4 is 52.8 Å². The monoisotopic (exact) mass is 713 g/mol. The van der Waals surface area contributed by atoms with Crippen LogP contribution in [-0.4, -0.2) is 50.0 Å². The molecule has 254 valence electrons. The summed E-state index contributed by atoms with van der Waals surface area (Å²) in [5, 5.41) is 7.62. The zero-order valence-electron chi connectivity index (χ0n) is 25.7. The van der Waals surface area contributed by atoms with Crippen molar-refractivity contribution in [3.63, 3.8) is 0 Å². The van der Waals surface area contributed by atoms with E-state index in [1.54, 1.807) is 30.6 Å². The second kappa shape index (κ2) is 18.3. The lowest BCUT2D eigenvalue weighted by atomic mass is 10.0. The normalized spacial score (nSPS) is 14.3. The number of aromatic amines is 1. The summed E-state index contributed by atoms with van der Waals surface area (Å²) in [6.07, 6.45) is 8.52. The molecule has 1 aromatic heterocycles. The van der Waals surface area contributed by atoms with Crippen molar-refractivity contribution in [3.8, 4) is 11.5 Å². The highest BCUT2D eigenvalue weighted by molar-refractivity contribution is 7.99. The average molecular weight is 715 g/mol. The molecule has 2 aliphatic rings. The topological polar surface area (TPSA) is 117 Å². The van der Waals surface area contributed by atoms with E-state index in [0.717, 1.165) is 31.4 Å². The fourth-order valence-electron chi connectivity index (χ4n) is 4.39. The van der Waals surface area contributed by atoms with Gasteiger partial charge in [-0.2, -0.15) is 0 Å². The largest absolute Gasteiger partial charge is 0.491 e. The molecule has 2 aliphatic carbocycles. The Morgan fingerprint density at radius 1 is 1.02 bits per heavy atom. The van der Waals surface area contributed by atoms with Crippen LogP contribution in [-0.2, 0) is 20.7 Å². The Balaban J connectivity index is 0.00000160. The standard InChI is InChI=1S/C32H33Cl2FN2O6S.CH3FO/c1-44-37-27-9-7-22(13-30(27)42-18-20-4-5-20)32(39)40-11-10-31(38)43-28(14-23-24(33)15-36-16-25(23)34)21-6-8-26(35)29(12-21)41-17-19-2-3-19;2-1-3/h6-9,12-13,15-16,19-20,28,37H,2-5,10-11,14,17-18H2,1H3;3H,1H2/p+1. The lowest BCUT2D eigenvalue weighted by Gasteiger charge is -2.20. The number of aromatic nitrogens is 1. The Morgan fingerprint density at radius 3 is 2.28 bits per heavy atom. The molecule has 47 heavy (non-hydrogen) atoms. The lowest BCUT2D eigenvalue weighted by molar-refractivity contribution is -0.377. The Kier molecular flexibility index (Phi) is 14.2. The molecule has 3 aromatic rings. The number of pyridine rings is 1. The number of benzene rings is 2. The van der Waals surface area contributed by atoms with Crippen LogP contribution in [0.3, 0.4) is 0 Å². The molecule has 0 amide bonds. The van der Waals surface area contributed by atoms with Crippen LogP contribution in [0.4, 0.5) is 14.5 Å². The molecule has 0 bridgehead atoms. The van der Waals surface area contributed by atoms with E-state index < -0.39 is 30.7 Å². The minimum Gasteiger partial charge on any atom is -0.491 e. The van der Waals surface area contributed by atoms with E-state index in [1.807, 2.05) is 6.26 Å². The number of ether oxygens (including phenoxy) is 4. The van der Waals surface area contributed by atoms with Gasteiger partial charge in [0, 0.05) is 18.2 Å². The zero-order chi connectivity index (χ0) is 33.8. The van der Waals surface area contributed by atoms with Crippen LogP contribution < -0.4 is 19.2 Å². The molecule has 2 fully saturated rings.